The van der Waals surface area contributed by atoms with Crippen LogP contribution in [0.5, 0.6) is 0 Å². The van der Waals surface area contributed by atoms with Crippen LogP contribution >= 0.6 is 0 Å². The van der Waals surface area contributed by atoms with E-state index in [1.165, 1.54) is 11.5 Å². The molecule has 0 radical (unpaired) electrons. The minimum Gasteiger partial charge on any atom is -0.453 e. The summed E-state index contributed by atoms with van der Waals surface area (Å²) in [4.78, 5) is 50.6. The van der Waals surface area contributed by atoms with Crippen molar-refractivity contribution in [2.45, 2.75) is 59.2 Å². The molecule has 0 saturated carbocycles. The Labute approximate surface area is 186 Å². The number of fused-ring (bicyclic) bond motifs is 1. The lowest BCUT2D eigenvalue weighted by molar-refractivity contribution is -0.147. The van der Waals surface area contributed by atoms with E-state index in [1.807, 2.05) is 12.1 Å². The highest BCUT2D eigenvalue weighted by atomic mass is 16.5. The average Bonchev–Trinajstić information content (AvgIpc) is 2.76. The van der Waals surface area contributed by atoms with Crippen molar-refractivity contribution < 1.29 is 14.3 Å². The molecule has 0 bridgehead atoms. The van der Waals surface area contributed by atoms with Crippen molar-refractivity contribution in [2.75, 3.05) is 0 Å². The van der Waals surface area contributed by atoms with Crippen LogP contribution in [0.3, 0.4) is 0 Å². The summed E-state index contributed by atoms with van der Waals surface area (Å²) in [7, 11) is 0. The Morgan fingerprint density at radius 1 is 0.969 bits per heavy atom. The molecule has 1 atom stereocenters. The normalized spacial score (nSPS) is 12.5. The number of rotatable bonds is 6. The molecule has 0 spiro atoms. The fourth-order valence-corrected chi connectivity index (χ4v) is 3.59. The number of carbonyl (C=O) groups excluding carboxylic acids is 2. The summed E-state index contributed by atoms with van der Waals surface area (Å²) in [5.41, 5.74) is 0.854. The number of ether oxygens (including phenoxy) is 1. The second kappa shape index (κ2) is 8.94. The van der Waals surface area contributed by atoms with Crippen LogP contribution in [-0.4, -0.2) is 27.0 Å². The van der Waals surface area contributed by atoms with Gasteiger partial charge in [-0.25, -0.2) is 4.79 Å². The van der Waals surface area contributed by atoms with Crippen molar-refractivity contribution in [2.24, 2.45) is 0 Å². The van der Waals surface area contributed by atoms with Gasteiger partial charge in [-0.3, -0.25) is 23.5 Å². The third-order valence-electron chi connectivity index (χ3n) is 5.45. The van der Waals surface area contributed by atoms with Crippen LogP contribution in [0, 0.1) is 0 Å². The van der Waals surface area contributed by atoms with E-state index in [1.54, 1.807) is 43.3 Å². The van der Waals surface area contributed by atoms with Gasteiger partial charge in [-0.2, -0.15) is 0 Å². The van der Waals surface area contributed by atoms with Gasteiger partial charge in [0.25, 0.3) is 5.56 Å². The first-order valence-corrected chi connectivity index (χ1v) is 10.6. The summed E-state index contributed by atoms with van der Waals surface area (Å²) < 4.78 is 7.62. The number of Topliss-reactive ketones (excluding diaryl/α,β-unsaturated/α-hetero) is 1. The van der Waals surface area contributed by atoms with Gasteiger partial charge in [0, 0.05) is 12.1 Å². The zero-order chi connectivity index (χ0) is 23.6. The van der Waals surface area contributed by atoms with Crippen LogP contribution in [0.4, 0.5) is 0 Å². The molecule has 0 aliphatic rings. The number of benzene rings is 2. The molecule has 1 unspecified atom stereocenters. The molecule has 0 fully saturated rings. The van der Waals surface area contributed by atoms with Gasteiger partial charge in [0.2, 0.25) is 5.78 Å². The molecule has 2 aromatic carbocycles. The molecular weight excluding hydrogens is 408 g/mol. The fraction of sp³-hybridized carbons (Fsp3) is 0.360. The minimum absolute atomic E-state index is 0.0370. The Morgan fingerprint density at radius 3 is 2.19 bits per heavy atom. The molecular formula is C25H28N2O5. The Bertz CT molecular complexity index is 1280. The zero-order valence-electron chi connectivity index (χ0n) is 19.0. The standard InChI is InChI=1S/C25H28N2O5/c1-6-26-23(30)19-9-7-8-10-20(19)27(24(26)31)15-21(28)32-16(2)22(29)17-11-13-18(14-12-17)25(3,4)5/h7-14,16H,6,15H2,1-5H3. The summed E-state index contributed by atoms with van der Waals surface area (Å²) in [5.74, 6) is -1.06. The molecule has 0 aliphatic heterocycles. The van der Waals surface area contributed by atoms with Crippen LogP contribution in [-0.2, 0) is 28.0 Å². The van der Waals surface area contributed by atoms with Gasteiger partial charge in [-0.1, -0.05) is 57.2 Å². The number of esters is 1. The van der Waals surface area contributed by atoms with Gasteiger partial charge >= 0.3 is 11.7 Å². The SMILES string of the molecule is CCn1c(=O)c2ccccc2n(CC(=O)OC(C)C(=O)c2ccc(C(C)(C)C)cc2)c1=O. The van der Waals surface area contributed by atoms with E-state index < -0.39 is 29.9 Å². The maximum Gasteiger partial charge on any atom is 0.332 e. The van der Waals surface area contributed by atoms with E-state index in [4.69, 9.17) is 4.74 Å². The fourth-order valence-electron chi connectivity index (χ4n) is 3.59. The summed E-state index contributed by atoms with van der Waals surface area (Å²) >= 11 is 0. The molecule has 168 valence electrons. The highest BCUT2D eigenvalue weighted by Gasteiger charge is 2.22. The van der Waals surface area contributed by atoms with E-state index in [0.717, 1.165) is 10.1 Å². The largest absolute Gasteiger partial charge is 0.453 e. The average molecular weight is 437 g/mol. The van der Waals surface area contributed by atoms with Crippen LogP contribution in [0.25, 0.3) is 10.9 Å². The number of hydrogen-bond donors (Lipinski definition) is 0. The third-order valence-corrected chi connectivity index (χ3v) is 5.45. The number of nitrogens with zero attached hydrogens (tertiary/aromatic N) is 2. The molecule has 0 aliphatic carbocycles. The number of aromatic nitrogens is 2. The lowest BCUT2D eigenvalue weighted by Gasteiger charge is -2.19. The number of ketones is 1. The highest BCUT2D eigenvalue weighted by molar-refractivity contribution is 6.00. The van der Waals surface area contributed by atoms with Crippen molar-refractivity contribution >= 4 is 22.7 Å². The highest BCUT2D eigenvalue weighted by Crippen LogP contribution is 2.22. The second-order valence-electron chi connectivity index (χ2n) is 8.76. The van der Waals surface area contributed by atoms with E-state index in [9.17, 15) is 19.2 Å². The molecule has 3 rings (SSSR count). The summed E-state index contributed by atoms with van der Waals surface area (Å²) in [5, 5.41) is 0.338. The van der Waals surface area contributed by atoms with E-state index in [2.05, 4.69) is 20.8 Å². The topological polar surface area (TPSA) is 87.4 Å². The van der Waals surface area contributed by atoms with E-state index >= 15 is 0 Å². The van der Waals surface area contributed by atoms with Crippen molar-refractivity contribution in [3.63, 3.8) is 0 Å². The first-order valence-electron chi connectivity index (χ1n) is 10.6. The van der Waals surface area contributed by atoms with Gasteiger partial charge in [-0.05, 0) is 37.0 Å². The third kappa shape index (κ3) is 4.56. The Balaban J connectivity index is 1.81. The van der Waals surface area contributed by atoms with Gasteiger partial charge in [0.1, 0.15) is 6.54 Å². The Morgan fingerprint density at radius 2 is 1.59 bits per heavy atom. The van der Waals surface area contributed by atoms with Gasteiger partial charge in [0.05, 0.1) is 10.9 Å². The first kappa shape index (κ1) is 23.2. The predicted octanol–water partition coefficient (Wildman–Crippen LogP) is 3.30. The maximum absolute atomic E-state index is 12.8. The van der Waals surface area contributed by atoms with E-state index in [-0.39, 0.29) is 17.7 Å². The first-order chi connectivity index (χ1) is 15.0. The van der Waals surface area contributed by atoms with Crippen LogP contribution < -0.4 is 11.2 Å². The Kier molecular flexibility index (Phi) is 6.48. The smallest absolute Gasteiger partial charge is 0.332 e. The lowest BCUT2D eigenvalue weighted by atomic mass is 9.86. The molecule has 0 amide bonds. The molecule has 7 nitrogen and oxygen atoms in total. The molecule has 0 N–H and O–H groups in total. The van der Waals surface area contributed by atoms with Crippen molar-refractivity contribution in [1.82, 2.24) is 9.13 Å². The summed E-state index contributed by atoms with van der Waals surface area (Å²) in [6.07, 6.45) is -1.01. The van der Waals surface area contributed by atoms with Gasteiger partial charge in [-0.15, -0.1) is 0 Å². The minimum atomic E-state index is -1.01. The van der Waals surface area contributed by atoms with Crippen molar-refractivity contribution in [3.8, 4) is 0 Å². The zero-order valence-corrected chi connectivity index (χ0v) is 19.0. The molecule has 1 heterocycles. The quantitative estimate of drug-likeness (QED) is 0.437. The van der Waals surface area contributed by atoms with Crippen molar-refractivity contribution in [1.29, 1.82) is 0 Å². The number of para-hydroxylation sites is 1. The van der Waals surface area contributed by atoms with E-state index in [0.29, 0.717) is 16.5 Å². The molecule has 32 heavy (non-hydrogen) atoms. The monoisotopic (exact) mass is 436 g/mol. The lowest BCUT2D eigenvalue weighted by Crippen LogP contribution is -2.41. The van der Waals surface area contributed by atoms with Gasteiger partial charge in [0.15, 0.2) is 6.10 Å². The molecule has 7 heteroatoms. The van der Waals surface area contributed by atoms with Crippen LogP contribution in [0.15, 0.2) is 58.1 Å². The number of carbonyl (C=O) groups is 2. The van der Waals surface area contributed by atoms with Crippen LogP contribution in [0.1, 0.15) is 50.5 Å². The molecule has 3 aromatic rings. The Hall–Kier alpha value is -3.48. The predicted molar refractivity (Wildman–Crippen MR) is 123 cm³/mol. The maximum atomic E-state index is 12.8. The number of hydrogen-bond acceptors (Lipinski definition) is 5. The molecule has 1 aromatic heterocycles. The van der Waals surface area contributed by atoms with Crippen molar-refractivity contribution in [3.05, 3.63) is 80.5 Å². The van der Waals surface area contributed by atoms with Crippen LogP contribution in [0.2, 0.25) is 0 Å². The van der Waals surface area contributed by atoms with Gasteiger partial charge < -0.3 is 4.74 Å². The molecule has 0 saturated heterocycles. The summed E-state index contributed by atoms with van der Waals surface area (Å²) in [6.45, 7) is 9.22. The summed E-state index contributed by atoms with van der Waals surface area (Å²) in [6, 6.07) is 13.8. The second-order valence-corrected chi connectivity index (χ2v) is 8.76.